The third-order valence-electron chi connectivity index (χ3n) is 4.52. The highest BCUT2D eigenvalue weighted by molar-refractivity contribution is 5.70. The molecule has 0 heterocycles. The molecule has 0 aliphatic carbocycles. The first-order valence-corrected chi connectivity index (χ1v) is 7.33. The summed E-state index contributed by atoms with van der Waals surface area (Å²) in [5.41, 5.74) is 1.17. The third-order valence-corrected chi connectivity index (χ3v) is 4.52. The van der Waals surface area contributed by atoms with Gasteiger partial charge in [-0.2, -0.15) is 0 Å². The minimum Gasteiger partial charge on any atom is -0.481 e. The van der Waals surface area contributed by atoms with Gasteiger partial charge >= 0.3 is 5.97 Å². The predicted octanol–water partition coefficient (Wildman–Crippen LogP) is 4.95. The van der Waals surface area contributed by atoms with Gasteiger partial charge in [-0.25, -0.2) is 0 Å². The zero-order chi connectivity index (χ0) is 15.6. The van der Waals surface area contributed by atoms with E-state index in [0.29, 0.717) is 5.92 Å². The van der Waals surface area contributed by atoms with Crippen LogP contribution in [0.5, 0.6) is 0 Å². The Morgan fingerprint density at radius 2 is 1.60 bits per heavy atom. The number of carboxylic acid groups (broad SMARTS) is 1. The van der Waals surface area contributed by atoms with E-state index in [1.54, 1.807) is 0 Å². The van der Waals surface area contributed by atoms with Crippen molar-refractivity contribution in [2.75, 3.05) is 0 Å². The molecule has 1 aromatic carbocycles. The van der Waals surface area contributed by atoms with Crippen molar-refractivity contribution < 1.29 is 9.90 Å². The predicted molar refractivity (Wildman–Crippen MR) is 83.8 cm³/mol. The average Bonchev–Trinajstić information content (AvgIpc) is 2.34. The number of benzene rings is 1. The Morgan fingerprint density at radius 3 is 2.00 bits per heavy atom. The summed E-state index contributed by atoms with van der Waals surface area (Å²) in [7, 11) is 0. The Kier molecular flexibility index (Phi) is 5.01. The summed E-state index contributed by atoms with van der Waals surface area (Å²) in [6.07, 6.45) is 0.869. The Bertz CT molecular complexity index is 440. The van der Waals surface area contributed by atoms with Gasteiger partial charge in [0.15, 0.2) is 0 Å². The zero-order valence-corrected chi connectivity index (χ0v) is 13.6. The van der Waals surface area contributed by atoms with Crippen LogP contribution >= 0.6 is 0 Å². The maximum atomic E-state index is 11.3. The lowest BCUT2D eigenvalue weighted by Crippen LogP contribution is -2.33. The molecule has 1 aromatic rings. The van der Waals surface area contributed by atoms with Gasteiger partial charge in [0.25, 0.3) is 0 Å². The summed E-state index contributed by atoms with van der Waals surface area (Å²) < 4.78 is 0. The SMILES string of the molecule is CC(C(=O)O)C(C)(C)CC(c1ccccc1)C(C)(C)C. The number of rotatable bonds is 5. The molecular weight excluding hydrogens is 248 g/mol. The maximum Gasteiger partial charge on any atom is 0.306 e. The lowest BCUT2D eigenvalue weighted by atomic mass is 9.65. The lowest BCUT2D eigenvalue weighted by molar-refractivity contribution is -0.145. The Hall–Kier alpha value is -1.31. The van der Waals surface area contributed by atoms with Crippen LogP contribution in [-0.4, -0.2) is 11.1 Å². The van der Waals surface area contributed by atoms with Crippen LogP contribution in [0.2, 0.25) is 0 Å². The van der Waals surface area contributed by atoms with Crippen molar-refractivity contribution in [3.63, 3.8) is 0 Å². The normalized spacial score (nSPS) is 15.7. The largest absolute Gasteiger partial charge is 0.481 e. The molecule has 0 amide bonds. The molecule has 1 N–H and O–H groups in total. The second kappa shape index (κ2) is 5.99. The van der Waals surface area contributed by atoms with E-state index < -0.39 is 5.97 Å². The minimum atomic E-state index is -0.712. The highest BCUT2D eigenvalue weighted by Crippen LogP contribution is 2.45. The highest BCUT2D eigenvalue weighted by atomic mass is 16.4. The summed E-state index contributed by atoms with van der Waals surface area (Å²) in [5.74, 6) is -0.715. The summed E-state index contributed by atoms with van der Waals surface area (Å²) in [6.45, 7) is 12.6. The van der Waals surface area contributed by atoms with Crippen LogP contribution in [0.25, 0.3) is 0 Å². The molecule has 20 heavy (non-hydrogen) atoms. The molecule has 2 nitrogen and oxygen atoms in total. The summed E-state index contributed by atoms with van der Waals surface area (Å²) >= 11 is 0. The van der Waals surface area contributed by atoms with E-state index in [1.165, 1.54) is 5.56 Å². The number of carboxylic acids is 1. The molecule has 0 spiro atoms. The first-order chi connectivity index (χ1) is 9.05. The Labute approximate surface area is 123 Å². The van der Waals surface area contributed by atoms with E-state index in [1.807, 2.05) is 13.0 Å². The van der Waals surface area contributed by atoms with Gasteiger partial charge < -0.3 is 5.11 Å². The van der Waals surface area contributed by atoms with Crippen molar-refractivity contribution in [3.8, 4) is 0 Å². The number of hydrogen-bond donors (Lipinski definition) is 1. The van der Waals surface area contributed by atoms with Crippen molar-refractivity contribution in [2.24, 2.45) is 16.7 Å². The number of carbonyl (C=O) groups is 1. The average molecular weight is 276 g/mol. The van der Waals surface area contributed by atoms with E-state index in [2.05, 4.69) is 58.9 Å². The van der Waals surface area contributed by atoms with Crippen LogP contribution in [-0.2, 0) is 4.79 Å². The van der Waals surface area contributed by atoms with Crippen molar-refractivity contribution in [3.05, 3.63) is 35.9 Å². The fraction of sp³-hybridized carbons (Fsp3) is 0.611. The van der Waals surface area contributed by atoms with Crippen LogP contribution in [0.1, 0.15) is 59.4 Å². The van der Waals surface area contributed by atoms with Crippen molar-refractivity contribution in [1.82, 2.24) is 0 Å². The van der Waals surface area contributed by atoms with Gasteiger partial charge in [-0.05, 0) is 28.7 Å². The van der Waals surface area contributed by atoms with Gasteiger partial charge in [0.05, 0.1) is 5.92 Å². The van der Waals surface area contributed by atoms with Gasteiger partial charge in [-0.1, -0.05) is 71.9 Å². The van der Waals surface area contributed by atoms with Gasteiger partial charge in [-0.15, -0.1) is 0 Å². The molecule has 0 fully saturated rings. The highest BCUT2D eigenvalue weighted by Gasteiger charge is 2.37. The van der Waals surface area contributed by atoms with E-state index in [4.69, 9.17) is 0 Å². The van der Waals surface area contributed by atoms with Crippen LogP contribution < -0.4 is 0 Å². The first-order valence-electron chi connectivity index (χ1n) is 7.33. The molecule has 0 saturated heterocycles. The lowest BCUT2D eigenvalue weighted by Gasteiger charge is -2.39. The molecule has 0 bridgehead atoms. The fourth-order valence-electron chi connectivity index (χ4n) is 2.65. The zero-order valence-electron chi connectivity index (χ0n) is 13.6. The monoisotopic (exact) mass is 276 g/mol. The Balaban J connectivity index is 3.07. The molecule has 0 radical (unpaired) electrons. The smallest absolute Gasteiger partial charge is 0.306 e. The maximum absolute atomic E-state index is 11.3. The molecule has 0 saturated carbocycles. The quantitative estimate of drug-likeness (QED) is 0.826. The number of hydrogen-bond acceptors (Lipinski definition) is 1. The minimum absolute atomic E-state index is 0.108. The molecule has 1 rings (SSSR count). The molecule has 0 aromatic heterocycles. The van der Waals surface area contributed by atoms with E-state index in [-0.39, 0.29) is 16.7 Å². The second-order valence-electron chi connectivity index (χ2n) is 7.58. The van der Waals surface area contributed by atoms with E-state index in [0.717, 1.165) is 6.42 Å². The third kappa shape index (κ3) is 4.09. The van der Waals surface area contributed by atoms with Gasteiger partial charge in [0.2, 0.25) is 0 Å². The van der Waals surface area contributed by atoms with Crippen molar-refractivity contribution in [1.29, 1.82) is 0 Å². The molecule has 0 aliphatic heterocycles. The van der Waals surface area contributed by atoms with E-state index in [9.17, 15) is 9.90 Å². The molecule has 112 valence electrons. The van der Waals surface area contributed by atoms with Gasteiger partial charge in [-0.3, -0.25) is 4.79 Å². The molecule has 0 aliphatic rings. The molecule has 2 heteroatoms. The second-order valence-corrected chi connectivity index (χ2v) is 7.58. The van der Waals surface area contributed by atoms with Crippen LogP contribution in [0, 0.1) is 16.7 Å². The number of aliphatic carboxylic acids is 1. The van der Waals surface area contributed by atoms with Crippen molar-refractivity contribution >= 4 is 5.97 Å². The van der Waals surface area contributed by atoms with Gasteiger partial charge in [0.1, 0.15) is 0 Å². The van der Waals surface area contributed by atoms with E-state index >= 15 is 0 Å². The summed E-state index contributed by atoms with van der Waals surface area (Å²) in [4.78, 5) is 11.3. The molecule has 2 unspecified atom stereocenters. The van der Waals surface area contributed by atoms with Crippen LogP contribution in [0.3, 0.4) is 0 Å². The Morgan fingerprint density at radius 1 is 1.10 bits per heavy atom. The molecule has 2 atom stereocenters. The first kappa shape index (κ1) is 16.7. The van der Waals surface area contributed by atoms with Gasteiger partial charge in [0, 0.05) is 0 Å². The topological polar surface area (TPSA) is 37.3 Å². The van der Waals surface area contributed by atoms with Crippen LogP contribution in [0.15, 0.2) is 30.3 Å². The van der Waals surface area contributed by atoms with Crippen LogP contribution in [0.4, 0.5) is 0 Å². The summed E-state index contributed by atoms with van der Waals surface area (Å²) in [5, 5.41) is 9.30. The fourth-order valence-corrected chi connectivity index (χ4v) is 2.65. The standard InChI is InChI=1S/C18H28O2/c1-13(16(19)20)18(5,6)12-15(17(2,3)4)14-10-8-7-9-11-14/h7-11,13,15H,12H2,1-6H3,(H,19,20). The summed E-state index contributed by atoms with van der Waals surface area (Å²) in [6, 6.07) is 10.4. The van der Waals surface area contributed by atoms with Crippen molar-refractivity contribution in [2.45, 2.75) is 53.9 Å². The molecular formula is C18H28O2.